The van der Waals surface area contributed by atoms with Gasteiger partial charge in [0.05, 0.1) is 0 Å². The molecule has 138 valence electrons. The smallest absolute Gasteiger partial charge is 0.290 e. The SMILES string of the molecule is Cc1cccc2cc(C(=O)N3CCCC34CCCN(C(C)C)C4=O)oc12. The minimum atomic E-state index is -0.687. The molecule has 1 spiro atoms. The molecule has 1 unspecified atom stereocenters. The number of rotatable bonds is 2. The number of para-hydroxylation sites is 1. The highest BCUT2D eigenvalue weighted by molar-refractivity contribution is 6.01. The summed E-state index contributed by atoms with van der Waals surface area (Å²) < 4.78 is 5.90. The Morgan fingerprint density at radius 1 is 1.19 bits per heavy atom. The van der Waals surface area contributed by atoms with E-state index >= 15 is 0 Å². The number of likely N-dealkylation sites (tertiary alicyclic amines) is 2. The number of fused-ring (bicyclic) bond motifs is 1. The van der Waals surface area contributed by atoms with E-state index in [1.54, 1.807) is 4.90 Å². The van der Waals surface area contributed by atoms with E-state index in [0.29, 0.717) is 12.3 Å². The summed E-state index contributed by atoms with van der Waals surface area (Å²) in [6, 6.07) is 7.86. The van der Waals surface area contributed by atoms with E-state index in [2.05, 4.69) is 0 Å². The van der Waals surface area contributed by atoms with Crippen LogP contribution in [0.3, 0.4) is 0 Å². The monoisotopic (exact) mass is 354 g/mol. The quantitative estimate of drug-likeness (QED) is 0.825. The number of carbonyl (C=O) groups excluding carboxylic acids is 2. The van der Waals surface area contributed by atoms with Crippen LogP contribution in [0.2, 0.25) is 0 Å². The van der Waals surface area contributed by atoms with Crippen molar-refractivity contribution in [3.8, 4) is 0 Å². The number of furan rings is 1. The minimum absolute atomic E-state index is 0.108. The second-order valence-corrected chi connectivity index (χ2v) is 7.89. The van der Waals surface area contributed by atoms with Gasteiger partial charge in [-0.25, -0.2) is 0 Å². The predicted octanol–water partition coefficient (Wildman–Crippen LogP) is 3.75. The van der Waals surface area contributed by atoms with Gasteiger partial charge in [-0.3, -0.25) is 9.59 Å². The highest BCUT2D eigenvalue weighted by Gasteiger charge is 2.53. The minimum Gasteiger partial charge on any atom is -0.451 e. The third-order valence-corrected chi connectivity index (χ3v) is 5.96. The Hall–Kier alpha value is -2.30. The molecular formula is C21H26N2O3. The van der Waals surface area contributed by atoms with Crippen molar-refractivity contribution in [1.82, 2.24) is 9.80 Å². The van der Waals surface area contributed by atoms with Crippen LogP contribution in [0.1, 0.15) is 55.6 Å². The highest BCUT2D eigenvalue weighted by atomic mass is 16.3. The van der Waals surface area contributed by atoms with Gasteiger partial charge in [-0.15, -0.1) is 0 Å². The van der Waals surface area contributed by atoms with Gasteiger partial charge in [0.25, 0.3) is 5.91 Å². The van der Waals surface area contributed by atoms with Crippen LogP contribution in [0.4, 0.5) is 0 Å². The van der Waals surface area contributed by atoms with Crippen molar-refractivity contribution in [3.05, 3.63) is 35.6 Å². The molecule has 3 heterocycles. The van der Waals surface area contributed by atoms with Gasteiger partial charge in [-0.05, 0) is 58.1 Å². The fourth-order valence-corrected chi connectivity index (χ4v) is 4.61. The van der Waals surface area contributed by atoms with Gasteiger partial charge in [0.1, 0.15) is 11.1 Å². The lowest BCUT2D eigenvalue weighted by molar-refractivity contribution is -0.147. The Labute approximate surface area is 153 Å². The Bertz CT molecular complexity index is 869. The normalized spacial score (nSPS) is 23.6. The van der Waals surface area contributed by atoms with E-state index in [1.807, 2.05) is 49.9 Å². The van der Waals surface area contributed by atoms with E-state index < -0.39 is 5.54 Å². The van der Waals surface area contributed by atoms with Crippen molar-refractivity contribution >= 4 is 22.8 Å². The zero-order valence-electron chi connectivity index (χ0n) is 15.7. The number of hydrogen-bond acceptors (Lipinski definition) is 3. The molecule has 2 saturated heterocycles. The molecule has 2 amide bonds. The molecule has 5 heteroatoms. The average molecular weight is 354 g/mol. The molecule has 2 aromatic rings. The van der Waals surface area contributed by atoms with E-state index in [-0.39, 0.29) is 17.9 Å². The summed E-state index contributed by atoms with van der Waals surface area (Å²) in [6.45, 7) is 7.46. The van der Waals surface area contributed by atoms with Gasteiger partial charge in [0.2, 0.25) is 5.91 Å². The number of piperidine rings is 1. The molecule has 0 N–H and O–H groups in total. The maximum atomic E-state index is 13.3. The van der Waals surface area contributed by atoms with Crippen LogP contribution in [-0.2, 0) is 4.79 Å². The van der Waals surface area contributed by atoms with E-state index in [1.165, 1.54) is 0 Å². The first-order valence-corrected chi connectivity index (χ1v) is 9.56. The number of benzene rings is 1. The second-order valence-electron chi connectivity index (χ2n) is 7.89. The molecule has 2 aliphatic heterocycles. The first-order valence-electron chi connectivity index (χ1n) is 9.56. The van der Waals surface area contributed by atoms with Crippen molar-refractivity contribution in [2.75, 3.05) is 13.1 Å². The molecule has 1 aromatic carbocycles. The van der Waals surface area contributed by atoms with Crippen molar-refractivity contribution in [2.45, 2.75) is 58.0 Å². The van der Waals surface area contributed by atoms with Crippen molar-refractivity contribution in [2.24, 2.45) is 0 Å². The molecule has 1 aromatic heterocycles. The summed E-state index contributed by atoms with van der Waals surface area (Å²) in [4.78, 5) is 30.3. The predicted molar refractivity (Wildman–Crippen MR) is 100 cm³/mol. The zero-order valence-corrected chi connectivity index (χ0v) is 15.7. The molecule has 0 radical (unpaired) electrons. The summed E-state index contributed by atoms with van der Waals surface area (Å²) in [6.07, 6.45) is 3.30. The number of hydrogen-bond donors (Lipinski definition) is 0. The number of aryl methyl sites for hydroxylation is 1. The van der Waals surface area contributed by atoms with Gasteiger partial charge >= 0.3 is 0 Å². The highest BCUT2D eigenvalue weighted by Crippen LogP contribution is 2.40. The fraction of sp³-hybridized carbons (Fsp3) is 0.524. The molecule has 1 atom stereocenters. The van der Waals surface area contributed by atoms with Crippen LogP contribution in [-0.4, -0.2) is 46.3 Å². The second kappa shape index (κ2) is 6.15. The molecule has 26 heavy (non-hydrogen) atoms. The fourth-order valence-electron chi connectivity index (χ4n) is 4.61. The first kappa shape index (κ1) is 17.1. The standard InChI is InChI=1S/C21H26N2O3/c1-14(2)22-11-5-9-21(20(22)25)10-6-12-23(21)19(24)17-13-16-8-4-7-15(3)18(16)26-17/h4,7-8,13-14H,5-6,9-12H2,1-3H3. The Balaban J connectivity index is 1.70. The number of nitrogens with zero attached hydrogens (tertiary/aromatic N) is 2. The zero-order chi connectivity index (χ0) is 18.5. The third kappa shape index (κ3) is 2.44. The summed E-state index contributed by atoms with van der Waals surface area (Å²) in [7, 11) is 0. The van der Waals surface area contributed by atoms with Crippen LogP contribution in [0.15, 0.2) is 28.7 Å². The lowest BCUT2D eigenvalue weighted by atomic mass is 9.84. The summed E-state index contributed by atoms with van der Waals surface area (Å²) >= 11 is 0. The molecule has 0 aliphatic carbocycles. The Morgan fingerprint density at radius 3 is 2.62 bits per heavy atom. The largest absolute Gasteiger partial charge is 0.451 e. The van der Waals surface area contributed by atoms with Crippen LogP contribution in [0, 0.1) is 6.92 Å². The first-order chi connectivity index (χ1) is 12.4. The van der Waals surface area contributed by atoms with Gasteiger partial charge < -0.3 is 14.2 Å². The van der Waals surface area contributed by atoms with E-state index in [0.717, 1.165) is 48.8 Å². The van der Waals surface area contributed by atoms with Crippen LogP contribution in [0.25, 0.3) is 11.0 Å². The molecule has 0 bridgehead atoms. The van der Waals surface area contributed by atoms with E-state index in [9.17, 15) is 9.59 Å². The summed E-state index contributed by atoms with van der Waals surface area (Å²) in [5.74, 6) is 0.291. The number of carbonyl (C=O) groups is 2. The maximum absolute atomic E-state index is 13.3. The summed E-state index contributed by atoms with van der Waals surface area (Å²) in [5, 5.41) is 0.931. The molecular weight excluding hydrogens is 328 g/mol. The topological polar surface area (TPSA) is 53.8 Å². The molecule has 2 fully saturated rings. The molecule has 2 aliphatic rings. The van der Waals surface area contributed by atoms with Gasteiger partial charge in [0, 0.05) is 24.5 Å². The Kier molecular flexibility index (Phi) is 4.05. The lowest BCUT2D eigenvalue weighted by Gasteiger charge is -2.45. The van der Waals surface area contributed by atoms with Crippen LogP contribution in [0.5, 0.6) is 0 Å². The van der Waals surface area contributed by atoms with Gasteiger partial charge in [0.15, 0.2) is 5.76 Å². The van der Waals surface area contributed by atoms with Crippen LogP contribution < -0.4 is 0 Å². The lowest BCUT2D eigenvalue weighted by Crippen LogP contribution is -2.62. The Morgan fingerprint density at radius 2 is 1.92 bits per heavy atom. The molecule has 0 saturated carbocycles. The van der Waals surface area contributed by atoms with Crippen molar-refractivity contribution in [3.63, 3.8) is 0 Å². The van der Waals surface area contributed by atoms with Gasteiger partial charge in [-0.1, -0.05) is 18.2 Å². The molecule has 5 nitrogen and oxygen atoms in total. The molecule has 4 rings (SSSR count). The van der Waals surface area contributed by atoms with Crippen molar-refractivity contribution < 1.29 is 14.0 Å². The average Bonchev–Trinajstić information content (AvgIpc) is 3.22. The van der Waals surface area contributed by atoms with Crippen LogP contribution >= 0.6 is 0 Å². The van der Waals surface area contributed by atoms with E-state index in [4.69, 9.17) is 4.42 Å². The van der Waals surface area contributed by atoms with Crippen molar-refractivity contribution in [1.29, 1.82) is 0 Å². The maximum Gasteiger partial charge on any atom is 0.290 e. The van der Waals surface area contributed by atoms with Gasteiger partial charge in [-0.2, -0.15) is 0 Å². The number of amides is 2. The summed E-state index contributed by atoms with van der Waals surface area (Å²) in [5.41, 5.74) is 1.08. The third-order valence-electron chi connectivity index (χ3n) is 5.96.